The molecule has 0 bridgehead atoms. The predicted octanol–water partition coefficient (Wildman–Crippen LogP) is 3.90. The van der Waals surface area contributed by atoms with Crippen LogP contribution >= 0.6 is 0 Å². The molecule has 0 atom stereocenters. The molecule has 2 aromatic rings. The molecule has 2 rings (SSSR count). The number of carbonyl (C=O) groups excluding carboxylic acids is 1. The van der Waals surface area contributed by atoms with E-state index in [1.807, 2.05) is 0 Å². The van der Waals surface area contributed by atoms with Crippen LogP contribution in [-0.4, -0.2) is 5.78 Å². The van der Waals surface area contributed by atoms with E-state index in [-0.39, 0.29) is 11.4 Å². The van der Waals surface area contributed by atoms with Crippen molar-refractivity contribution in [2.24, 2.45) is 0 Å². The van der Waals surface area contributed by atoms with Crippen LogP contribution in [0.3, 0.4) is 0 Å². The van der Waals surface area contributed by atoms with Gasteiger partial charge in [-0.3, -0.25) is 4.79 Å². The number of nitrogens with zero attached hydrogens (tertiary/aromatic N) is 3. The van der Waals surface area contributed by atoms with E-state index in [1.54, 1.807) is 60.7 Å². The van der Waals surface area contributed by atoms with Crippen LogP contribution < -0.4 is 0 Å². The van der Waals surface area contributed by atoms with Crippen LogP contribution in [0.5, 0.6) is 0 Å². The van der Waals surface area contributed by atoms with Crippen molar-refractivity contribution in [3.8, 4) is 12.1 Å². The second kappa shape index (κ2) is 6.66. The van der Waals surface area contributed by atoms with Crippen LogP contribution in [0.2, 0.25) is 0 Å². The van der Waals surface area contributed by atoms with Gasteiger partial charge in [0, 0.05) is 11.1 Å². The van der Waals surface area contributed by atoms with Crippen LogP contribution in [0, 0.1) is 29.2 Å². The van der Waals surface area contributed by atoms with Gasteiger partial charge in [-0.25, -0.2) is 4.85 Å². The lowest BCUT2D eigenvalue weighted by Crippen LogP contribution is -2.00. The van der Waals surface area contributed by atoms with Crippen molar-refractivity contribution in [1.82, 2.24) is 0 Å². The van der Waals surface area contributed by atoms with Crippen molar-refractivity contribution in [2.45, 2.75) is 0 Å². The molecule has 0 aliphatic heterocycles. The number of hydrogen-bond donors (Lipinski definition) is 0. The molecule has 22 heavy (non-hydrogen) atoms. The smallest absolute Gasteiger partial charge is 0.192 e. The Morgan fingerprint density at radius 3 is 2.32 bits per heavy atom. The van der Waals surface area contributed by atoms with Gasteiger partial charge in [0.15, 0.2) is 11.5 Å². The van der Waals surface area contributed by atoms with Crippen LogP contribution in [-0.2, 0) is 0 Å². The van der Waals surface area contributed by atoms with Crippen LogP contribution in [0.25, 0.3) is 10.9 Å². The van der Waals surface area contributed by atoms with E-state index in [1.165, 1.54) is 6.08 Å². The quantitative estimate of drug-likeness (QED) is 0.487. The van der Waals surface area contributed by atoms with E-state index in [2.05, 4.69) is 4.85 Å². The standard InChI is InChI=1S/C18H9N3O/c1-21-17-7-5-15(6-8-17)18(22)16-4-2-3-13(10-16)9-14(11-19)12-20/h2-10H. The van der Waals surface area contributed by atoms with Gasteiger partial charge in [0.2, 0.25) is 0 Å². The molecule has 0 N–H and O–H groups in total. The molecule has 4 heteroatoms. The van der Waals surface area contributed by atoms with E-state index in [4.69, 9.17) is 17.1 Å². The first-order chi connectivity index (χ1) is 10.7. The summed E-state index contributed by atoms with van der Waals surface area (Å²) in [5.74, 6) is -0.178. The maximum atomic E-state index is 12.4. The Morgan fingerprint density at radius 1 is 1.05 bits per heavy atom. The minimum atomic E-state index is -0.178. The fourth-order valence-electron chi connectivity index (χ4n) is 1.88. The molecule has 0 aromatic heterocycles. The van der Waals surface area contributed by atoms with Gasteiger partial charge in [-0.1, -0.05) is 42.5 Å². The van der Waals surface area contributed by atoms with Gasteiger partial charge in [0.25, 0.3) is 0 Å². The Bertz CT molecular complexity index is 856. The summed E-state index contributed by atoms with van der Waals surface area (Å²) in [5, 5.41) is 17.5. The number of allylic oxidation sites excluding steroid dienone is 1. The monoisotopic (exact) mass is 283 g/mol. The van der Waals surface area contributed by atoms with Gasteiger partial charge in [-0.05, 0) is 17.7 Å². The molecular formula is C18H9N3O. The Morgan fingerprint density at radius 2 is 1.73 bits per heavy atom. The third-order valence-electron chi connectivity index (χ3n) is 2.96. The fraction of sp³-hybridized carbons (Fsp3) is 0. The van der Waals surface area contributed by atoms with Crippen molar-refractivity contribution >= 4 is 17.5 Å². The molecule has 102 valence electrons. The third kappa shape index (κ3) is 3.25. The van der Waals surface area contributed by atoms with Gasteiger partial charge in [0.1, 0.15) is 17.7 Å². The van der Waals surface area contributed by atoms with Crippen molar-refractivity contribution < 1.29 is 4.79 Å². The molecule has 0 spiro atoms. The van der Waals surface area contributed by atoms with Crippen molar-refractivity contribution in [3.05, 3.63) is 82.2 Å². The average Bonchev–Trinajstić information content (AvgIpc) is 2.59. The molecule has 0 unspecified atom stereocenters. The second-order valence-electron chi connectivity index (χ2n) is 4.39. The zero-order chi connectivity index (χ0) is 15.9. The molecule has 0 heterocycles. The van der Waals surface area contributed by atoms with Crippen molar-refractivity contribution in [2.75, 3.05) is 0 Å². The number of benzene rings is 2. The summed E-state index contributed by atoms with van der Waals surface area (Å²) >= 11 is 0. The number of ketones is 1. The maximum absolute atomic E-state index is 12.4. The first-order valence-corrected chi connectivity index (χ1v) is 6.32. The third-order valence-corrected chi connectivity index (χ3v) is 2.96. The lowest BCUT2D eigenvalue weighted by atomic mass is 10.0. The Balaban J connectivity index is 2.35. The Labute approximate surface area is 128 Å². The van der Waals surface area contributed by atoms with Gasteiger partial charge in [-0.2, -0.15) is 10.5 Å². The first-order valence-electron chi connectivity index (χ1n) is 6.32. The Hall–Kier alpha value is -3.68. The van der Waals surface area contributed by atoms with E-state index < -0.39 is 0 Å². The molecule has 4 nitrogen and oxygen atoms in total. The van der Waals surface area contributed by atoms with Crippen LogP contribution in [0.15, 0.2) is 54.1 Å². The minimum Gasteiger partial charge on any atom is -0.289 e. The topological polar surface area (TPSA) is 69.0 Å². The second-order valence-corrected chi connectivity index (χ2v) is 4.39. The minimum absolute atomic E-state index is 0.0222. The molecule has 0 saturated heterocycles. The summed E-state index contributed by atoms with van der Waals surface area (Å²) in [6, 6.07) is 16.7. The highest BCUT2D eigenvalue weighted by molar-refractivity contribution is 6.09. The van der Waals surface area contributed by atoms with Crippen molar-refractivity contribution in [1.29, 1.82) is 10.5 Å². The van der Waals surface area contributed by atoms with E-state index >= 15 is 0 Å². The molecule has 0 aliphatic rings. The molecule has 0 radical (unpaired) electrons. The van der Waals surface area contributed by atoms with Gasteiger partial charge in [0.05, 0.1) is 6.57 Å². The van der Waals surface area contributed by atoms with E-state index in [0.717, 1.165) is 0 Å². The van der Waals surface area contributed by atoms with Gasteiger partial charge in [-0.15, -0.1) is 0 Å². The SMILES string of the molecule is [C-]#[N+]c1ccc(C(=O)c2cccc(C=C(C#N)C#N)c2)cc1. The molecule has 0 aliphatic carbocycles. The van der Waals surface area contributed by atoms with E-state index in [0.29, 0.717) is 22.4 Å². The summed E-state index contributed by atoms with van der Waals surface area (Å²) in [5.41, 5.74) is 2.00. The van der Waals surface area contributed by atoms with Crippen molar-refractivity contribution in [3.63, 3.8) is 0 Å². The zero-order valence-electron chi connectivity index (χ0n) is 11.4. The highest BCUT2D eigenvalue weighted by atomic mass is 16.1. The van der Waals surface area contributed by atoms with Crippen LogP contribution in [0.4, 0.5) is 5.69 Å². The summed E-state index contributed by atoms with van der Waals surface area (Å²) in [6.45, 7) is 6.90. The molecule has 0 amide bonds. The fourth-order valence-corrected chi connectivity index (χ4v) is 1.88. The zero-order valence-corrected chi connectivity index (χ0v) is 11.4. The molecule has 0 saturated carbocycles. The predicted molar refractivity (Wildman–Crippen MR) is 81.8 cm³/mol. The summed E-state index contributed by atoms with van der Waals surface area (Å²) in [6.07, 6.45) is 1.43. The number of hydrogen-bond acceptors (Lipinski definition) is 3. The number of carbonyl (C=O) groups is 1. The lowest BCUT2D eigenvalue weighted by Gasteiger charge is -2.03. The van der Waals surface area contributed by atoms with Crippen LogP contribution in [0.1, 0.15) is 21.5 Å². The normalized spacial score (nSPS) is 8.95. The molecule has 2 aromatic carbocycles. The number of nitriles is 2. The average molecular weight is 283 g/mol. The summed E-state index contributed by atoms with van der Waals surface area (Å²) in [4.78, 5) is 15.7. The largest absolute Gasteiger partial charge is 0.289 e. The first kappa shape index (κ1) is 14.7. The maximum Gasteiger partial charge on any atom is 0.192 e. The summed E-state index contributed by atoms with van der Waals surface area (Å²) < 4.78 is 0. The summed E-state index contributed by atoms with van der Waals surface area (Å²) in [7, 11) is 0. The highest BCUT2D eigenvalue weighted by Gasteiger charge is 2.09. The lowest BCUT2D eigenvalue weighted by molar-refractivity contribution is 0.103. The van der Waals surface area contributed by atoms with E-state index in [9.17, 15) is 4.79 Å². The van der Waals surface area contributed by atoms with Gasteiger partial charge < -0.3 is 0 Å². The number of rotatable bonds is 3. The molecular weight excluding hydrogens is 274 g/mol. The highest BCUT2D eigenvalue weighted by Crippen LogP contribution is 2.17. The Kier molecular flexibility index (Phi) is 4.46. The van der Waals surface area contributed by atoms with Gasteiger partial charge >= 0.3 is 0 Å². The molecule has 0 fully saturated rings.